The van der Waals surface area contributed by atoms with E-state index < -0.39 is 15.8 Å². The van der Waals surface area contributed by atoms with Crippen LogP contribution in [-0.2, 0) is 19.3 Å². The van der Waals surface area contributed by atoms with Crippen molar-refractivity contribution in [3.63, 3.8) is 0 Å². The summed E-state index contributed by atoms with van der Waals surface area (Å²) in [7, 11) is -2.11. The van der Waals surface area contributed by atoms with E-state index in [-0.39, 0.29) is 23.2 Å². The fourth-order valence-corrected chi connectivity index (χ4v) is 6.80. The molecular weight excluding hydrogens is 452 g/mol. The van der Waals surface area contributed by atoms with Crippen molar-refractivity contribution in [1.29, 1.82) is 0 Å². The van der Waals surface area contributed by atoms with Crippen LogP contribution >= 0.6 is 11.3 Å². The van der Waals surface area contributed by atoms with Gasteiger partial charge < -0.3 is 14.2 Å². The van der Waals surface area contributed by atoms with Crippen LogP contribution in [-0.4, -0.2) is 56.5 Å². The van der Waals surface area contributed by atoms with E-state index in [0.29, 0.717) is 34.4 Å². The fraction of sp³-hybridized carbons (Fsp3) is 0.455. The van der Waals surface area contributed by atoms with Crippen LogP contribution in [0.5, 0.6) is 5.75 Å². The summed E-state index contributed by atoms with van der Waals surface area (Å²) in [6.45, 7) is 5.08. The molecule has 0 amide bonds. The number of imidazole rings is 1. The molecule has 8 nitrogen and oxygen atoms in total. The minimum absolute atomic E-state index is 0.0580. The van der Waals surface area contributed by atoms with Crippen molar-refractivity contribution in [3.05, 3.63) is 35.0 Å². The number of methoxy groups -OCH3 is 1. The van der Waals surface area contributed by atoms with E-state index in [4.69, 9.17) is 14.2 Å². The van der Waals surface area contributed by atoms with Gasteiger partial charge in [-0.25, -0.2) is 18.2 Å². The second-order valence-electron chi connectivity index (χ2n) is 7.72. The van der Waals surface area contributed by atoms with Crippen molar-refractivity contribution in [2.45, 2.75) is 31.6 Å². The van der Waals surface area contributed by atoms with Crippen LogP contribution in [0, 0.1) is 12.8 Å². The number of benzene rings is 1. The molecule has 172 valence electrons. The average Bonchev–Trinajstić information content (AvgIpc) is 3.30. The van der Waals surface area contributed by atoms with Gasteiger partial charge in [-0.05, 0) is 50.8 Å². The van der Waals surface area contributed by atoms with Crippen molar-refractivity contribution < 1.29 is 27.4 Å². The van der Waals surface area contributed by atoms with Gasteiger partial charge in [0.05, 0.1) is 30.9 Å². The number of carbonyl (C=O) groups excluding carboxylic acids is 1. The molecule has 1 aliphatic rings. The normalized spacial score (nSPS) is 15.2. The van der Waals surface area contributed by atoms with E-state index >= 15 is 0 Å². The lowest BCUT2D eigenvalue weighted by atomic mass is 10.0. The molecule has 0 N–H and O–H groups in total. The lowest BCUT2D eigenvalue weighted by molar-refractivity contribution is 0.0531. The van der Waals surface area contributed by atoms with E-state index in [1.807, 2.05) is 17.4 Å². The van der Waals surface area contributed by atoms with Crippen LogP contribution in [0.15, 0.2) is 29.3 Å². The maximum Gasteiger partial charge on any atom is 0.349 e. The van der Waals surface area contributed by atoms with Gasteiger partial charge in [-0.3, -0.25) is 4.40 Å². The van der Waals surface area contributed by atoms with Crippen LogP contribution in [0.4, 0.5) is 0 Å². The first-order valence-electron chi connectivity index (χ1n) is 10.5. The SMILES string of the molecule is CCOC(=O)c1cn2c(-c3ccc(OC)c(S(=O)(=O)CC4CCOCC4)c3)c(C)nc2s1. The van der Waals surface area contributed by atoms with Gasteiger partial charge in [0.2, 0.25) is 0 Å². The van der Waals surface area contributed by atoms with Gasteiger partial charge in [0.25, 0.3) is 0 Å². The number of hydrogen-bond acceptors (Lipinski definition) is 8. The van der Waals surface area contributed by atoms with Crippen LogP contribution < -0.4 is 4.74 Å². The predicted molar refractivity (Wildman–Crippen MR) is 121 cm³/mol. The molecule has 0 radical (unpaired) electrons. The van der Waals surface area contributed by atoms with E-state index in [1.54, 1.807) is 25.3 Å². The summed E-state index contributed by atoms with van der Waals surface area (Å²) in [4.78, 5) is 18.0. The smallest absolute Gasteiger partial charge is 0.349 e. The predicted octanol–water partition coefficient (Wildman–Crippen LogP) is 3.76. The Morgan fingerprint density at radius 1 is 1.31 bits per heavy atom. The third-order valence-electron chi connectivity index (χ3n) is 5.55. The maximum absolute atomic E-state index is 13.3. The van der Waals surface area contributed by atoms with Gasteiger partial charge >= 0.3 is 5.97 Å². The third kappa shape index (κ3) is 4.39. The first-order valence-corrected chi connectivity index (χ1v) is 13.0. The lowest BCUT2D eigenvalue weighted by Gasteiger charge is -2.22. The molecule has 32 heavy (non-hydrogen) atoms. The van der Waals surface area contributed by atoms with Gasteiger partial charge in [0.15, 0.2) is 14.8 Å². The van der Waals surface area contributed by atoms with Gasteiger partial charge in [-0.15, -0.1) is 0 Å². The third-order valence-corrected chi connectivity index (χ3v) is 8.41. The van der Waals surface area contributed by atoms with Crippen molar-refractivity contribution in [2.75, 3.05) is 32.7 Å². The highest BCUT2D eigenvalue weighted by atomic mass is 32.2. The molecule has 10 heteroatoms. The molecule has 0 atom stereocenters. The van der Waals surface area contributed by atoms with E-state index in [2.05, 4.69) is 4.98 Å². The molecule has 0 saturated carbocycles. The number of thiazole rings is 1. The summed E-state index contributed by atoms with van der Waals surface area (Å²) < 4.78 is 44.3. The number of hydrogen-bond donors (Lipinski definition) is 0. The Bertz CT molecular complexity index is 1240. The molecule has 0 bridgehead atoms. The van der Waals surface area contributed by atoms with Gasteiger partial charge in [-0.2, -0.15) is 0 Å². The monoisotopic (exact) mass is 478 g/mol. The zero-order chi connectivity index (χ0) is 22.9. The highest BCUT2D eigenvalue weighted by Crippen LogP contribution is 2.35. The van der Waals surface area contributed by atoms with Gasteiger partial charge in [0, 0.05) is 25.0 Å². The number of ether oxygens (including phenoxy) is 3. The highest BCUT2D eigenvalue weighted by Gasteiger charge is 2.27. The second-order valence-corrected chi connectivity index (χ2v) is 10.7. The van der Waals surface area contributed by atoms with Crippen molar-refractivity contribution in [1.82, 2.24) is 9.38 Å². The molecule has 3 aromatic rings. The quantitative estimate of drug-likeness (QED) is 0.477. The Kier molecular flexibility index (Phi) is 6.55. The van der Waals surface area contributed by atoms with Gasteiger partial charge in [-0.1, -0.05) is 11.3 Å². The Hall–Kier alpha value is -2.43. The molecule has 1 aromatic carbocycles. The molecular formula is C22H26N2O6S2. The number of rotatable bonds is 7. The standard InChI is InChI=1S/C22H26N2O6S2/c1-4-30-21(25)18-12-24-20(14(2)23-22(24)31-18)16-5-6-17(28-3)19(11-16)32(26,27)13-15-7-9-29-10-8-15/h5-6,11-12,15H,4,7-10,13H2,1-3H3. The molecule has 1 aliphatic heterocycles. The van der Waals surface area contributed by atoms with E-state index in [9.17, 15) is 13.2 Å². The Morgan fingerprint density at radius 2 is 2.06 bits per heavy atom. The average molecular weight is 479 g/mol. The number of aromatic nitrogens is 2. The zero-order valence-electron chi connectivity index (χ0n) is 18.3. The Morgan fingerprint density at radius 3 is 2.75 bits per heavy atom. The molecule has 2 aromatic heterocycles. The number of sulfone groups is 1. The zero-order valence-corrected chi connectivity index (χ0v) is 19.9. The molecule has 1 fully saturated rings. The summed E-state index contributed by atoms with van der Waals surface area (Å²) in [6, 6.07) is 5.12. The Labute approximate surface area is 191 Å². The first-order chi connectivity index (χ1) is 15.3. The molecule has 3 heterocycles. The molecule has 4 rings (SSSR count). The number of esters is 1. The topological polar surface area (TPSA) is 96.2 Å². The Balaban J connectivity index is 1.76. The summed E-state index contributed by atoms with van der Waals surface area (Å²) in [5, 5.41) is 0. The molecule has 0 aliphatic carbocycles. The summed E-state index contributed by atoms with van der Waals surface area (Å²) >= 11 is 1.24. The maximum atomic E-state index is 13.3. The minimum atomic E-state index is -3.58. The summed E-state index contributed by atoms with van der Waals surface area (Å²) in [5.41, 5.74) is 2.16. The molecule has 1 saturated heterocycles. The number of fused-ring (bicyclic) bond motifs is 1. The fourth-order valence-electron chi connectivity index (χ4n) is 3.98. The van der Waals surface area contributed by atoms with Crippen LogP contribution in [0.2, 0.25) is 0 Å². The van der Waals surface area contributed by atoms with Crippen LogP contribution in [0.3, 0.4) is 0 Å². The summed E-state index contributed by atoms with van der Waals surface area (Å²) in [6.07, 6.45) is 3.15. The van der Waals surface area contributed by atoms with E-state index in [1.165, 1.54) is 18.4 Å². The summed E-state index contributed by atoms with van der Waals surface area (Å²) in [5.74, 6) is 0.0370. The largest absolute Gasteiger partial charge is 0.495 e. The van der Waals surface area contributed by atoms with Crippen LogP contribution in [0.1, 0.15) is 35.1 Å². The lowest BCUT2D eigenvalue weighted by Crippen LogP contribution is -2.23. The number of nitrogens with zero attached hydrogens (tertiary/aromatic N) is 2. The van der Waals surface area contributed by atoms with Crippen molar-refractivity contribution in [3.8, 4) is 17.0 Å². The molecule has 0 unspecified atom stereocenters. The van der Waals surface area contributed by atoms with E-state index in [0.717, 1.165) is 24.2 Å². The second kappa shape index (κ2) is 9.21. The number of carbonyl (C=O) groups is 1. The molecule has 0 spiro atoms. The van der Waals surface area contributed by atoms with Gasteiger partial charge in [0.1, 0.15) is 15.5 Å². The van der Waals surface area contributed by atoms with Crippen molar-refractivity contribution >= 4 is 32.1 Å². The minimum Gasteiger partial charge on any atom is -0.495 e. The van der Waals surface area contributed by atoms with Crippen molar-refractivity contribution in [2.24, 2.45) is 5.92 Å². The first kappa shape index (κ1) is 22.8. The number of aryl methyl sites for hydroxylation is 1. The highest BCUT2D eigenvalue weighted by molar-refractivity contribution is 7.91. The van der Waals surface area contributed by atoms with Crippen LogP contribution in [0.25, 0.3) is 16.2 Å².